The highest BCUT2D eigenvalue weighted by Gasteiger charge is 2.47. The molecule has 5 nitrogen and oxygen atoms in total. The topological polar surface area (TPSA) is 73.2 Å². The van der Waals surface area contributed by atoms with Gasteiger partial charge in [-0.1, -0.05) is 43.2 Å². The Morgan fingerprint density at radius 2 is 1.77 bits per heavy atom. The molecule has 4 rings (SSSR count). The highest BCUT2D eigenvalue weighted by Crippen LogP contribution is 2.40. The van der Waals surface area contributed by atoms with Crippen LogP contribution in [-0.4, -0.2) is 28.8 Å². The largest absolute Gasteiger partial charge is 0.348 e. The normalized spacial score (nSPS) is 23.9. The molecule has 1 heterocycles. The first-order valence-electron chi connectivity index (χ1n) is 10.8. The van der Waals surface area contributed by atoms with Crippen LogP contribution in [0.2, 0.25) is 0 Å². The van der Waals surface area contributed by atoms with Crippen LogP contribution in [0.3, 0.4) is 0 Å². The van der Waals surface area contributed by atoms with Crippen LogP contribution in [-0.2, 0) is 4.79 Å². The van der Waals surface area contributed by atoms with Gasteiger partial charge in [0.15, 0.2) is 0 Å². The zero-order valence-corrected chi connectivity index (χ0v) is 17.3. The van der Waals surface area contributed by atoms with Crippen LogP contribution in [0.4, 0.5) is 0 Å². The lowest BCUT2D eigenvalue weighted by atomic mass is 9.84. The number of rotatable bonds is 4. The second-order valence-corrected chi connectivity index (χ2v) is 8.41. The van der Waals surface area contributed by atoms with E-state index in [1.54, 1.807) is 12.1 Å². The predicted molar refractivity (Wildman–Crippen MR) is 114 cm³/mol. The Morgan fingerprint density at radius 1 is 1.07 bits per heavy atom. The number of hydrogen-bond donors (Lipinski definition) is 1. The Morgan fingerprint density at radius 3 is 2.47 bits per heavy atom. The second-order valence-electron chi connectivity index (χ2n) is 8.41. The standard InChI is InChI=1S/C25H27N3O2/c1-17(19-13-11-18(16-26)12-14-19)27-24(29)23-15-21-9-5-6-10-22(21)28(23)25(30)20-7-3-2-4-8-20/h2-4,7-8,11-14,17,21-23H,5-6,9-10,15H2,1H3,(H,27,29). The average molecular weight is 402 g/mol. The summed E-state index contributed by atoms with van der Waals surface area (Å²) >= 11 is 0. The quantitative estimate of drug-likeness (QED) is 0.834. The number of fused-ring (bicyclic) bond motifs is 1. The minimum absolute atomic E-state index is 0.0452. The molecule has 2 fully saturated rings. The number of carbonyl (C=O) groups excluding carboxylic acids is 2. The molecule has 2 aromatic rings. The average Bonchev–Trinajstić information content (AvgIpc) is 3.19. The molecule has 4 atom stereocenters. The number of nitrogens with one attached hydrogen (secondary N) is 1. The van der Waals surface area contributed by atoms with Crippen LogP contribution in [0.25, 0.3) is 0 Å². The predicted octanol–water partition coefficient (Wildman–Crippen LogP) is 4.21. The molecule has 0 aromatic heterocycles. The van der Waals surface area contributed by atoms with Gasteiger partial charge >= 0.3 is 0 Å². The number of nitrogens with zero attached hydrogens (tertiary/aromatic N) is 2. The zero-order valence-electron chi connectivity index (χ0n) is 17.3. The molecule has 5 heteroatoms. The maximum absolute atomic E-state index is 13.4. The molecule has 2 aromatic carbocycles. The third kappa shape index (κ3) is 3.95. The van der Waals surface area contributed by atoms with Crippen molar-refractivity contribution in [2.75, 3.05) is 0 Å². The fourth-order valence-electron chi connectivity index (χ4n) is 4.96. The van der Waals surface area contributed by atoms with Crippen LogP contribution >= 0.6 is 0 Å². The van der Waals surface area contributed by atoms with E-state index in [0.717, 1.165) is 31.2 Å². The van der Waals surface area contributed by atoms with Gasteiger partial charge in [-0.2, -0.15) is 5.26 Å². The third-order valence-corrected chi connectivity index (χ3v) is 6.54. The van der Waals surface area contributed by atoms with Gasteiger partial charge in [0.05, 0.1) is 17.7 Å². The molecule has 154 valence electrons. The van der Waals surface area contributed by atoms with Crippen LogP contribution in [0, 0.1) is 17.2 Å². The lowest BCUT2D eigenvalue weighted by Crippen LogP contribution is -2.50. The van der Waals surface area contributed by atoms with E-state index in [2.05, 4.69) is 11.4 Å². The van der Waals surface area contributed by atoms with Gasteiger partial charge in [0.25, 0.3) is 5.91 Å². The van der Waals surface area contributed by atoms with Crippen LogP contribution in [0.5, 0.6) is 0 Å². The van der Waals surface area contributed by atoms with Crippen molar-refractivity contribution in [2.45, 2.75) is 57.2 Å². The number of carbonyl (C=O) groups is 2. The van der Waals surface area contributed by atoms with Crippen molar-refractivity contribution in [3.63, 3.8) is 0 Å². The molecular formula is C25H27N3O2. The molecule has 1 saturated heterocycles. The van der Waals surface area contributed by atoms with E-state index in [1.165, 1.54) is 6.42 Å². The third-order valence-electron chi connectivity index (χ3n) is 6.54. The molecule has 0 spiro atoms. The van der Waals surface area contributed by atoms with Gasteiger partial charge in [0.2, 0.25) is 5.91 Å². The van der Waals surface area contributed by atoms with Gasteiger partial charge in [0, 0.05) is 11.6 Å². The molecule has 1 aliphatic heterocycles. The molecule has 1 aliphatic carbocycles. The Labute approximate surface area is 177 Å². The molecule has 30 heavy (non-hydrogen) atoms. The summed E-state index contributed by atoms with van der Waals surface area (Å²) in [5.74, 6) is 0.258. The van der Waals surface area contributed by atoms with E-state index in [-0.39, 0.29) is 23.9 Å². The molecule has 1 N–H and O–H groups in total. The summed E-state index contributed by atoms with van der Waals surface area (Å²) in [6, 6.07) is 18.1. The fraction of sp³-hybridized carbons (Fsp3) is 0.400. The van der Waals surface area contributed by atoms with E-state index in [0.29, 0.717) is 17.0 Å². The van der Waals surface area contributed by atoms with Gasteiger partial charge in [0.1, 0.15) is 6.04 Å². The zero-order chi connectivity index (χ0) is 21.1. The van der Waals surface area contributed by atoms with Crippen LogP contribution in [0.15, 0.2) is 54.6 Å². The summed E-state index contributed by atoms with van der Waals surface area (Å²) in [5.41, 5.74) is 2.18. The second kappa shape index (κ2) is 8.71. The first kappa shape index (κ1) is 20.2. The lowest BCUT2D eigenvalue weighted by Gasteiger charge is -2.34. The molecule has 1 saturated carbocycles. The first-order chi connectivity index (χ1) is 14.6. The van der Waals surface area contributed by atoms with Crippen molar-refractivity contribution >= 4 is 11.8 Å². The molecule has 2 amide bonds. The fourth-order valence-corrected chi connectivity index (χ4v) is 4.96. The van der Waals surface area contributed by atoms with Crippen molar-refractivity contribution in [3.8, 4) is 6.07 Å². The highest BCUT2D eigenvalue weighted by atomic mass is 16.2. The van der Waals surface area contributed by atoms with E-state index in [9.17, 15) is 9.59 Å². The minimum atomic E-state index is -0.438. The number of benzene rings is 2. The van der Waals surface area contributed by atoms with Gasteiger partial charge in [-0.25, -0.2) is 0 Å². The van der Waals surface area contributed by atoms with Crippen molar-refractivity contribution in [2.24, 2.45) is 5.92 Å². The summed E-state index contributed by atoms with van der Waals surface area (Å²) in [6.45, 7) is 1.94. The smallest absolute Gasteiger partial charge is 0.254 e. The number of hydrogen-bond acceptors (Lipinski definition) is 3. The molecule has 0 bridgehead atoms. The van der Waals surface area contributed by atoms with Crippen LogP contribution in [0.1, 0.15) is 66.6 Å². The van der Waals surface area contributed by atoms with Crippen molar-refractivity contribution in [1.82, 2.24) is 10.2 Å². The molecule has 2 aliphatic rings. The van der Waals surface area contributed by atoms with Crippen molar-refractivity contribution < 1.29 is 9.59 Å². The van der Waals surface area contributed by atoms with Gasteiger partial charge in [-0.05, 0) is 61.9 Å². The number of nitriles is 1. The Bertz CT molecular complexity index is 949. The van der Waals surface area contributed by atoms with E-state index in [4.69, 9.17) is 5.26 Å². The van der Waals surface area contributed by atoms with Crippen molar-refractivity contribution in [3.05, 3.63) is 71.3 Å². The minimum Gasteiger partial charge on any atom is -0.348 e. The summed E-state index contributed by atoms with van der Waals surface area (Å²) in [6.07, 6.45) is 5.06. The molecular weight excluding hydrogens is 374 g/mol. The Balaban J connectivity index is 1.54. The Kier molecular flexibility index (Phi) is 5.85. The maximum Gasteiger partial charge on any atom is 0.254 e. The van der Waals surface area contributed by atoms with E-state index >= 15 is 0 Å². The van der Waals surface area contributed by atoms with Gasteiger partial charge in [-0.3, -0.25) is 9.59 Å². The lowest BCUT2D eigenvalue weighted by molar-refractivity contribution is -0.125. The SMILES string of the molecule is CC(NC(=O)C1CC2CCCCC2N1C(=O)c1ccccc1)c1ccc(C#N)cc1. The summed E-state index contributed by atoms with van der Waals surface area (Å²) in [4.78, 5) is 28.5. The first-order valence-corrected chi connectivity index (χ1v) is 10.8. The summed E-state index contributed by atoms with van der Waals surface area (Å²) in [7, 11) is 0. The summed E-state index contributed by atoms with van der Waals surface area (Å²) in [5, 5.41) is 12.1. The van der Waals surface area contributed by atoms with E-state index in [1.807, 2.05) is 54.3 Å². The summed E-state index contributed by atoms with van der Waals surface area (Å²) < 4.78 is 0. The molecule has 0 radical (unpaired) electrons. The van der Waals surface area contributed by atoms with Crippen molar-refractivity contribution in [1.29, 1.82) is 5.26 Å². The molecule has 4 unspecified atom stereocenters. The monoisotopic (exact) mass is 401 g/mol. The number of likely N-dealkylation sites (tertiary alicyclic amines) is 1. The van der Waals surface area contributed by atoms with Crippen LogP contribution < -0.4 is 5.32 Å². The highest BCUT2D eigenvalue weighted by molar-refractivity contribution is 5.98. The van der Waals surface area contributed by atoms with Gasteiger partial charge in [-0.15, -0.1) is 0 Å². The number of amides is 2. The van der Waals surface area contributed by atoms with Gasteiger partial charge < -0.3 is 10.2 Å². The Hall–Kier alpha value is -3.13. The maximum atomic E-state index is 13.4. The van der Waals surface area contributed by atoms with E-state index < -0.39 is 6.04 Å².